The number of likely N-dealkylation sites (N-methyl/N-ethyl adjacent to an activating group) is 2. The van der Waals surface area contributed by atoms with E-state index in [9.17, 15) is 0 Å². The van der Waals surface area contributed by atoms with Crippen LogP contribution < -0.4 is 5.32 Å². The van der Waals surface area contributed by atoms with Gasteiger partial charge in [0.05, 0.1) is 0 Å². The highest BCUT2D eigenvalue weighted by Gasteiger charge is 2.42. The number of rotatable bonds is 6. The maximum absolute atomic E-state index is 3.60. The lowest BCUT2D eigenvalue weighted by atomic mass is 9.83. The second-order valence-corrected chi connectivity index (χ2v) is 6.42. The first-order valence-electron chi connectivity index (χ1n) is 8.05. The Hall–Kier alpha value is -0.860. The molecule has 20 heavy (non-hydrogen) atoms. The van der Waals surface area contributed by atoms with Gasteiger partial charge in [-0.3, -0.25) is 0 Å². The van der Waals surface area contributed by atoms with E-state index in [1.54, 1.807) is 0 Å². The molecule has 2 heteroatoms. The van der Waals surface area contributed by atoms with Crippen LogP contribution in [0.4, 0.5) is 0 Å². The quantitative estimate of drug-likeness (QED) is 0.856. The molecule has 1 aliphatic rings. The van der Waals surface area contributed by atoms with Gasteiger partial charge in [0.1, 0.15) is 0 Å². The molecule has 0 aromatic heterocycles. The van der Waals surface area contributed by atoms with Crippen molar-refractivity contribution in [1.82, 2.24) is 10.2 Å². The van der Waals surface area contributed by atoms with Crippen LogP contribution >= 0.6 is 0 Å². The van der Waals surface area contributed by atoms with E-state index < -0.39 is 0 Å². The highest BCUT2D eigenvalue weighted by atomic mass is 15.2. The number of aryl methyl sites for hydroxylation is 1. The average Bonchev–Trinajstić information content (AvgIpc) is 2.96. The molecule has 0 radical (unpaired) electrons. The minimum Gasteiger partial charge on any atom is -0.315 e. The van der Waals surface area contributed by atoms with E-state index in [4.69, 9.17) is 0 Å². The fourth-order valence-corrected chi connectivity index (χ4v) is 3.80. The zero-order valence-electron chi connectivity index (χ0n) is 13.6. The van der Waals surface area contributed by atoms with Gasteiger partial charge in [-0.2, -0.15) is 0 Å². The highest BCUT2D eigenvalue weighted by molar-refractivity contribution is 5.24. The van der Waals surface area contributed by atoms with Crippen LogP contribution in [0.3, 0.4) is 0 Å². The predicted octanol–water partition coefficient (Wildman–Crippen LogP) is 3.25. The third-order valence-corrected chi connectivity index (χ3v) is 5.23. The summed E-state index contributed by atoms with van der Waals surface area (Å²) in [6.07, 6.45) is 7.61. The second-order valence-electron chi connectivity index (χ2n) is 6.42. The maximum Gasteiger partial charge on any atom is 0.0359 e. The lowest BCUT2D eigenvalue weighted by Gasteiger charge is -2.43. The minimum absolute atomic E-state index is 0.332. The zero-order valence-corrected chi connectivity index (χ0v) is 13.6. The monoisotopic (exact) mass is 274 g/mol. The Morgan fingerprint density at radius 3 is 2.10 bits per heavy atom. The van der Waals surface area contributed by atoms with Crippen molar-refractivity contribution in [3.63, 3.8) is 0 Å². The third kappa shape index (κ3) is 3.07. The predicted molar refractivity (Wildman–Crippen MR) is 87.3 cm³/mol. The first kappa shape index (κ1) is 15.5. The topological polar surface area (TPSA) is 15.3 Å². The average molecular weight is 274 g/mol. The summed E-state index contributed by atoms with van der Waals surface area (Å²) in [4.78, 5) is 2.46. The van der Waals surface area contributed by atoms with E-state index in [2.05, 4.69) is 62.5 Å². The molecule has 112 valence electrons. The molecule has 2 rings (SSSR count). The standard InChI is InChI=1S/C18H30N2/c1-5-15-8-10-16(11-9-15)14-17(19-2)18(20(3)4)12-6-7-13-18/h8-11,17,19H,5-7,12-14H2,1-4H3. The molecular weight excluding hydrogens is 244 g/mol. The van der Waals surface area contributed by atoms with Crippen LogP contribution in [0.25, 0.3) is 0 Å². The fourth-order valence-electron chi connectivity index (χ4n) is 3.80. The maximum atomic E-state index is 3.60. The Morgan fingerprint density at radius 2 is 1.65 bits per heavy atom. The van der Waals surface area contributed by atoms with Crippen LogP contribution in [-0.4, -0.2) is 37.6 Å². The number of hydrogen-bond acceptors (Lipinski definition) is 2. The molecule has 1 saturated carbocycles. The number of hydrogen-bond donors (Lipinski definition) is 1. The Labute approximate surface area is 124 Å². The van der Waals surface area contributed by atoms with Crippen molar-refractivity contribution in [2.45, 2.75) is 57.0 Å². The van der Waals surface area contributed by atoms with E-state index in [1.165, 1.54) is 36.8 Å². The van der Waals surface area contributed by atoms with Crippen molar-refractivity contribution in [2.75, 3.05) is 21.1 Å². The van der Waals surface area contributed by atoms with Gasteiger partial charge >= 0.3 is 0 Å². The molecule has 1 aromatic carbocycles. The molecule has 1 aromatic rings. The van der Waals surface area contributed by atoms with Crippen LogP contribution in [0, 0.1) is 0 Å². The van der Waals surface area contributed by atoms with Crippen molar-refractivity contribution < 1.29 is 0 Å². The van der Waals surface area contributed by atoms with E-state index >= 15 is 0 Å². The SMILES string of the molecule is CCc1ccc(CC(NC)C2(N(C)C)CCCC2)cc1. The van der Waals surface area contributed by atoms with Crippen molar-refractivity contribution in [3.05, 3.63) is 35.4 Å². The molecule has 1 aliphatic carbocycles. The van der Waals surface area contributed by atoms with Crippen molar-refractivity contribution in [3.8, 4) is 0 Å². The van der Waals surface area contributed by atoms with E-state index in [0.29, 0.717) is 11.6 Å². The molecule has 0 aliphatic heterocycles. The zero-order chi connectivity index (χ0) is 14.6. The van der Waals surface area contributed by atoms with Crippen molar-refractivity contribution >= 4 is 0 Å². The summed E-state index contributed by atoms with van der Waals surface area (Å²) in [5.41, 5.74) is 3.21. The van der Waals surface area contributed by atoms with Crippen LogP contribution in [0.1, 0.15) is 43.7 Å². The van der Waals surface area contributed by atoms with Crippen LogP contribution in [0.15, 0.2) is 24.3 Å². The normalized spacial score (nSPS) is 19.4. The van der Waals surface area contributed by atoms with Gasteiger partial charge in [-0.1, -0.05) is 44.0 Å². The summed E-state index contributed by atoms with van der Waals surface area (Å²) in [5.74, 6) is 0. The Morgan fingerprint density at radius 1 is 1.10 bits per heavy atom. The van der Waals surface area contributed by atoms with Crippen molar-refractivity contribution in [2.24, 2.45) is 0 Å². The molecule has 0 spiro atoms. The molecule has 1 unspecified atom stereocenters. The van der Waals surface area contributed by atoms with Crippen LogP contribution in [-0.2, 0) is 12.8 Å². The molecule has 0 saturated heterocycles. The number of nitrogens with zero attached hydrogens (tertiary/aromatic N) is 1. The number of nitrogens with one attached hydrogen (secondary N) is 1. The van der Waals surface area contributed by atoms with Gasteiger partial charge in [-0.25, -0.2) is 0 Å². The highest BCUT2D eigenvalue weighted by Crippen LogP contribution is 2.37. The second kappa shape index (κ2) is 6.73. The summed E-state index contributed by atoms with van der Waals surface area (Å²) in [7, 11) is 6.61. The first-order valence-corrected chi connectivity index (χ1v) is 8.05. The number of benzene rings is 1. The van der Waals surface area contributed by atoms with E-state index in [-0.39, 0.29) is 0 Å². The largest absolute Gasteiger partial charge is 0.315 e. The van der Waals surface area contributed by atoms with Crippen LogP contribution in [0.2, 0.25) is 0 Å². The summed E-state index contributed by atoms with van der Waals surface area (Å²) in [5, 5.41) is 3.60. The van der Waals surface area contributed by atoms with Gasteiger partial charge in [0.2, 0.25) is 0 Å². The molecule has 1 N–H and O–H groups in total. The fraction of sp³-hybridized carbons (Fsp3) is 0.667. The van der Waals surface area contributed by atoms with Crippen LogP contribution in [0.5, 0.6) is 0 Å². The van der Waals surface area contributed by atoms with Crippen molar-refractivity contribution in [1.29, 1.82) is 0 Å². The summed E-state index contributed by atoms with van der Waals surface area (Å²) < 4.78 is 0. The summed E-state index contributed by atoms with van der Waals surface area (Å²) >= 11 is 0. The molecule has 1 atom stereocenters. The molecule has 0 heterocycles. The molecular formula is C18H30N2. The van der Waals surface area contributed by atoms with Gasteiger partial charge in [-0.15, -0.1) is 0 Å². The first-order chi connectivity index (χ1) is 9.62. The van der Waals surface area contributed by atoms with Gasteiger partial charge in [0, 0.05) is 11.6 Å². The molecule has 2 nitrogen and oxygen atoms in total. The molecule has 1 fully saturated rings. The van der Waals surface area contributed by atoms with Gasteiger partial charge in [0.25, 0.3) is 0 Å². The Bertz CT molecular complexity index is 402. The smallest absolute Gasteiger partial charge is 0.0359 e. The molecule has 0 bridgehead atoms. The van der Waals surface area contributed by atoms with Gasteiger partial charge < -0.3 is 10.2 Å². The minimum atomic E-state index is 0.332. The van der Waals surface area contributed by atoms with Gasteiger partial charge in [0.15, 0.2) is 0 Å². The summed E-state index contributed by atoms with van der Waals surface area (Å²) in [6, 6.07) is 9.70. The Kier molecular flexibility index (Phi) is 5.22. The van der Waals surface area contributed by atoms with Gasteiger partial charge in [-0.05, 0) is 58.0 Å². The lowest BCUT2D eigenvalue weighted by molar-refractivity contribution is 0.108. The summed E-state index contributed by atoms with van der Waals surface area (Å²) in [6.45, 7) is 2.21. The Balaban J connectivity index is 2.14. The molecule has 0 amide bonds. The van der Waals surface area contributed by atoms with E-state index in [0.717, 1.165) is 12.8 Å². The lowest BCUT2D eigenvalue weighted by Crippen LogP contribution is -2.57. The third-order valence-electron chi connectivity index (χ3n) is 5.23. The van der Waals surface area contributed by atoms with E-state index in [1.807, 2.05) is 0 Å².